The number of carbonyl (C=O) groups is 2. The topological polar surface area (TPSA) is 84.2 Å². The Bertz CT molecular complexity index is 460. The van der Waals surface area contributed by atoms with E-state index < -0.39 is 6.04 Å². The van der Waals surface area contributed by atoms with Gasteiger partial charge in [0.25, 0.3) is 0 Å². The van der Waals surface area contributed by atoms with Crippen molar-refractivity contribution >= 4 is 11.8 Å². The van der Waals surface area contributed by atoms with Crippen LogP contribution in [0, 0.1) is 0 Å². The Morgan fingerprint density at radius 2 is 1.71 bits per heavy atom. The molecule has 1 aromatic rings. The van der Waals surface area contributed by atoms with E-state index in [2.05, 4.69) is 10.6 Å². The van der Waals surface area contributed by atoms with Crippen molar-refractivity contribution in [3.05, 3.63) is 35.9 Å². The summed E-state index contributed by atoms with van der Waals surface area (Å²) < 4.78 is 0. The van der Waals surface area contributed by atoms with Crippen LogP contribution in [0.3, 0.4) is 0 Å². The number of rotatable bonds is 7. The largest absolute Gasteiger partial charge is 0.352 e. The molecule has 0 spiro atoms. The van der Waals surface area contributed by atoms with Gasteiger partial charge in [0.05, 0.1) is 0 Å². The minimum Gasteiger partial charge on any atom is -0.352 e. The van der Waals surface area contributed by atoms with E-state index in [0.717, 1.165) is 5.56 Å². The lowest BCUT2D eigenvalue weighted by Gasteiger charge is -2.17. The van der Waals surface area contributed by atoms with Crippen molar-refractivity contribution in [3.8, 4) is 0 Å². The second-order valence-electron chi connectivity index (χ2n) is 5.51. The van der Waals surface area contributed by atoms with E-state index in [-0.39, 0.29) is 23.9 Å². The summed E-state index contributed by atoms with van der Waals surface area (Å²) in [5.74, 6) is -0.335. The maximum absolute atomic E-state index is 11.8. The van der Waals surface area contributed by atoms with Gasteiger partial charge in [0, 0.05) is 18.5 Å². The highest BCUT2D eigenvalue weighted by Crippen LogP contribution is 2.14. The lowest BCUT2D eigenvalue weighted by molar-refractivity contribution is -0.129. The van der Waals surface area contributed by atoms with E-state index in [1.54, 1.807) is 6.92 Å². The third kappa shape index (κ3) is 6.40. The molecule has 116 valence electrons. The predicted molar refractivity (Wildman–Crippen MR) is 83.5 cm³/mol. The molecule has 4 N–H and O–H groups in total. The summed E-state index contributed by atoms with van der Waals surface area (Å²) >= 11 is 0. The summed E-state index contributed by atoms with van der Waals surface area (Å²) in [6.07, 6.45) is 0.851. The molecule has 2 atom stereocenters. The van der Waals surface area contributed by atoms with Crippen LogP contribution in [-0.2, 0) is 9.59 Å². The van der Waals surface area contributed by atoms with Gasteiger partial charge in [-0.05, 0) is 32.8 Å². The van der Waals surface area contributed by atoms with Crippen molar-refractivity contribution in [1.82, 2.24) is 10.6 Å². The van der Waals surface area contributed by atoms with E-state index >= 15 is 0 Å². The van der Waals surface area contributed by atoms with Gasteiger partial charge in [0.2, 0.25) is 11.8 Å². The summed E-state index contributed by atoms with van der Waals surface area (Å²) in [5, 5.41) is 5.45. The normalized spacial score (nSPS) is 13.6. The molecule has 0 saturated heterocycles. The highest BCUT2D eigenvalue weighted by atomic mass is 16.2. The molecule has 5 heteroatoms. The Morgan fingerprint density at radius 1 is 1.10 bits per heavy atom. The third-order valence-electron chi connectivity index (χ3n) is 3.11. The zero-order valence-electron chi connectivity index (χ0n) is 12.9. The molecule has 2 unspecified atom stereocenters. The molecule has 0 heterocycles. The number of benzene rings is 1. The van der Waals surface area contributed by atoms with Gasteiger partial charge in [-0.15, -0.1) is 0 Å². The maximum Gasteiger partial charge on any atom is 0.242 e. The van der Waals surface area contributed by atoms with E-state index in [1.807, 2.05) is 44.2 Å². The molecule has 0 aromatic heterocycles. The molecular weight excluding hydrogens is 266 g/mol. The Morgan fingerprint density at radius 3 is 2.29 bits per heavy atom. The Hall–Kier alpha value is -1.88. The number of hydrogen-bond acceptors (Lipinski definition) is 3. The van der Waals surface area contributed by atoms with Crippen LogP contribution in [0.25, 0.3) is 0 Å². The molecule has 0 bridgehead atoms. The summed E-state index contributed by atoms with van der Waals surface area (Å²) in [5.41, 5.74) is 7.05. The van der Waals surface area contributed by atoms with Gasteiger partial charge in [-0.2, -0.15) is 0 Å². The van der Waals surface area contributed by atoms with Crippen molar-refractivity contribution in [2.45, 2.75) is 51.7 Å². The minimum absolute atomic E-state index is 0.0587. The summed E-state index contributed by atoms with van der Waals surface area (Å²) in [6, 6.07) is 9.02. The van der Waals surface area contributed by atoms with E-state index in [9.17, 15) is 9.59 Å². The number of hydrogen-bond donors (Lipinski definition) is 3. The Kier molecular flexibility index (Phi) is 6.88. The molecule has 1 rings (SSSR count). The molecule has 2 amide bonds. The summed E-state index contributed by atoms with van der Waals surface area (Å²) in [4.78, 5) is 23.5. The molecule has 0 aliphatic rings. The Labute approximate surface area is 126 Å². The van der Waals surface area contributed by atoms with Crippen molar-refractivity contribution in [3.63, 3.8) is 0 Å². The molecule has 0 aliphatic carbocycles. The lowest BCUT2D eigenvalue weighted by atomic mass is 10.0. The first-order valence-corrected chi connectivity index (χ1v) is 7.30. The van der Waals surface area contributed by atoms with Gasteiger partial charge in [-0.1, -0.05) is 30.3 Å². The van der Waals surface area contributed by atoms with E-state index in [4.69, 9.17) is 5.73 Å². The zero-order chi connectivity index (χ0) is 15.8. The van der Waals surface area contributed by atoms with Gasteiger partial charge < -0.3 is 16.4 Å². The SMILES string of the molecule is CC(C)NC(=O)C(C)NC(=O)CCC(N)c1ccccc1. The van der Waals surface area contributed by atoms with Crippen LogP contribution in [0.15, 0.2) is 30.3 Å². The highest BCUT2D eigenvalue weighted by molar-refractivity contribution is 5.87. The molecule has 0 saturated carbocycles. The lowest BCUT2D eigenvalue weighted by Crippen LogP contribution is -2.46. The fourth-order valence-electron chi connectivity index (χ4n) is 1.94. The fraction of sp³-hybridized carbons (Fsp3) is 0.500. The monoisotopic (exact) mass is 291 g/mol. The highest BCUT2D eigenvalue weighted by Gasteiger charge is 2.16. The number of amides is 2. The first-order valence-electron chi connectivity index (χ1n) is 7.30. The molecule has 5 nitrogen and oxygen atoms in total. The van der Waals surface area contributed by atoms with E-state index in [0.29, 0.717) is 12.8 Å². The first-order chi connectivity index (χ1) is 9.90. The average Bonchev–Trinajstić information content (AvgIpc) is 2.44. The summed E-state index contributed by atoms with van der Waals surface area (Å²) in [7, 11) is 0. The Balaban J connectivity index is 2.35. The van der Waals surface area contributed by atoms with Crippen LogP contribution in [0.2, 0.25) is 0 Å². The second kappa shape index (κ2) is 8.42. The van der Waals surface area contributed by atoms with Crippen molar-refractivity contribution < 1.29 is 9.59 Å². The number of carbonyl (C=O) groups excluding carboxylic acids is 2. The molecular formula is C16H25N3O2. The molecule has 21 heavy (non-hydrogen) atoms. The van der Waals surface area contributed by atoms with Gasteiger partial charge in [-0.25, -0.2) is 0 Å². The molecule has 0 radical (unpaired) electrons. The average molecular weight is 291 g/mol. The molecule has 0 fully saturated rings. The van der Waals surface area contributed by atoms with Crippen LogP contribution in [0.5, 0.6) is 0 Å². The van der Waals surface area contributed by atoms with Crippen molar-refractivity contribution in [2.75, 3.05) is 0 Å². The first kappa shape index (κ1) is 17.2. The quantitative estimate of drug-likeness (QED) is 0.711. The third-order valence-corrected chi connectivity index (χ3v) is 3.11. The smallest absolute Gasteiger partial charge is 0.242 e. The summed E-state index contributed by atoms with van der Waals surface area (Å²) in [6.45, 7) is 5.43. The van der Waals surface area contributed by atoms with Crippen molar-refractivity contribution in [2.24, 2.45) is 5.73 Å². The van der Waals surface area contributed by atoms with Gasteiger partial charge in [-0.3, -0.25) is 9.59 Å². The minimum atomic E-state index is -0.534. The van der Waals surface area contributed by atoms with Crippen LogP contribution < -0.4 is 16.4 Å². The maximum atomic E-state index is 11.8. The van der Waals surface area contributed by atoms with Crippen LogP contribution in [0.1, 0.15) is 45.2 Å². The van der Waals surface area contributed by atoms with Crippen LogP contribution >= 0.6 is 0 Å². The van der Waals surface area contributed by atoms with Crippen LogP contribution in [-0.4, -0.2) is 23.9 Å². The van der Waals surface area contributed by atoms with E-state index in [1.165, 1.54) is 0 Å². The zero-order valence-corrected chi connectivity index (χ0v) is 12.9. The molecule has 1 aromatic carbocycles. The van der Waals surface area contributed by atoms with Gasteiger partial charge >= 0.3 is 0 Å². The van der Waals surface area contributed by atoms with Gasteiger partial charge in [0.15, 0.2) is 0 Å². The predicted octanol–water partition coefficient (Wildman–Crippen LogP) is 1.50. The standard InChI is InChI=1S/C16H25N3O2/c1-11(2)18-16(21)12(3)19-15(20)10-9-14(17)13-7-5-4-6-8-13/h4-8,11-12,14H,9-10,17H2,1-3H3,(H,18,21)(H,19,20). The molecule has 0 aliphatic heterocycles. The number of nitrogens with one attached hydrogen (secondary N) is 2. The number of nitrogens with two attached hydrogens (primary N) is 1. The van der Waals surface area contributed by atoms with Crippen LogP contribution in [0.4, 0.5) is 0 Å². The van der Waals surface area contributed by atoms with Crippen molar-refractivity contribution in [1.29, 1.82) is 0 Å². The fourth-order valence-corrected chi connectivity index (χ4v) is 1.94. The van der Waals surface area contributed by atoms with Gasteiger partial charge in [0.1, 0.15) is 6.04 Å². The second-order valence-corrected chi connectivity index (χ2v) is 5.51.